The topological polar surface area (TPSA) is 21.3 Å². The molecule has 19 heavy (non-hydrogen) atoms. The van der Waals surface area contributed by atoms with Crippen LogP contribution in [0.25, 0.3) is 0 Å². The SMILES string of the molecule is COc1ccccc1CC[C@H]1C[C@H]2CC[C@@H](C1)N2.Cl. The molecule has 0 aliphatic carbocycles. The molecule has 2 fully saturated rings. The zero-order valence-corrected chi connectivity index (χ0v) is 12.4. The van der Waals surface area contributed by atoms with Crippen molar-refractivity contribution in [2.75, 3.05) is 7.11 Å². The maximum Gasteiger partial charge on any atom is 0.122 e. The molecule has 0 amide bonds. The van der Waals surface area contributed by atoms with E-state index >= 15 is 0 Å². The number of hydrogen-bond acceptors (Lipinski definition) is 2. The zero-order chi connectivity index (χ0) is 12.4. The normalized spacial score (nSPS) is 28.8. The van der Waals surface area contributed by atoms with Crippen LogP contribution < -0.4 is 10.1 Å². The molecule has 3 rings (SSSR count). The Hall–Kier alpha value is -0.730. The number of halogens is 1. The number of methoxy groups -OCH3 is 1. The second kappa shape index (κ2) is 6.62. The highest BCUT2D eigenvalue weighted by Crippen LogP contribution is 2.34. The third-order valence-corrected chi connectivity index (χ3v) is 4.59. The van der Waals surface area contributed by atoms with Crippen molar-refractivity contribution >= 4 is 12.4 Å². The number of piperidine rings is 1. The Morgan fingerprint density at radius 3 is 2.53 bits per heavy atom. The molecule has 0 aromatic heterocycles. The minimum atomic E-state index is 0. The van der Waals surface area contributed by atoms with Crippen LogP contribution in [0.5, 0.6) is 5.75 Å². The first-order valence-electron chi connectivity index (χ1n) is 7.23. The van der Waals surface area contributed by atoms with E-state index in [1.807, 2.05) is 6.07 Å². The molecule has 2 bridgehead atoms. The van der Waals surface area contributed by atoms with Crippen LogP contribution in [-0.4, -0.2) is 19.2 Å². The predicted molar refractivity (Wildman–Crippen MR) is 81.2 cm³/mol. The van der Waals surface area contributed by atoms with Gasteiger partial charge in [0.05, 0.1) is 7.11 Å². The molecule has 2 aliphatic rings. The van der Waals surface area contributed by atoms with Crippen LogP contribution in [0.4, 0.5) is 0 Å². The number of hydrogen-bond donors (Lipinski definition) is 1. The summed E-state index contributed by atoms with van der Waals surface area (Å²) in [5.74, 6) is 1.96. The molecule has 106 valence electrons. The summed E-state index contributed by atoms with van der Waals surface area (Å²) in [6.45, 7) is 0. The molecule has 1 N–H and O–H groups in total. The van der Waals surface area contributed by atoms with Gasteiger partial charge in [-0.2, -0.15) is 0 Å². The molecule has 2 saturated heterocycles. The fourth-order valence-electron chi connectivity index (χ4n) is 3.68. The molecule has 2 aliphatic heterocycles. The second-order valence-electron chi connectivity index (χ2n) is 5.83. The highest BCUT2D eigenvalue weighted by atomic mass is 35.5. The van der Waals surface area contributed by atoms with Gasteiger partial charge in [0.2, 0.25) is 0 Å². The van der Waals surface area contributed by atoms with E-state index in [2.05, 4.69) is 23.5 Å². The van der Waals surface area contributed by atoms with Crippen LogP contribution in [0, 0.1) is 5.92 Å². The molecule has 3 heteroatoms. The van der Waals surface area contributed by atoms with Crippen LogP contribution in [0.1, 0.15) is 37.7 Å². The van der Waals surface area contributed by atoms with E-state index in [1.165, 1.54) is 37.7 Å². The van der Waals surface area contributed by atoms with Gasteiger partial charge in [0.1, 0.15) is 5.75 Å². The Labute approximate surface area is 122 Å². The first-order chi connectivity index (χ1) is 8.85. The molecule has 3 atom stereocenters. The minimum Gasteiger partial charge on any atom is -0.496 e. The number of nitrogens with one attached hydrogen (secondary N) is 1. The van der Waals surface area contributed by atoms with Crippen molar-refractivity contribution in [1.29, 1.82) is 0 Å². The monoisotopic (exact) mass is 281 g/mol. The van der Waals surface area contributed by atoms with Crippen molar-refractivity contribution in [2.24, 2.45) is 5.92 Å². The maximum absolute atomic E-state index is 5.43. The lowest BCUT2D eigenvalue weighted by atomic mass is 9.87. The van der Waals surface area contributed by atoms with Crippen molar-refractivity contribution in [1.82, 2.24) is 5.32 Å². The fourth-order valence-corrected chi connectivity index (χ4v) is 3.68. The lowest BCUT2D eigenvalue weighted by Gasteiger charge is -2.29. The largest absolute Gasteiger partial charge is 0.496 e. The van der Waals surface area contributed by atoms with Crippen molar-refractivity contribution in [2.45, 2.75) is 50.6 Å². The molecule has 1 aromatic carbocycles. The van der Waals surface area contributed by atoms with E-state index in [9.17, 15) is 0 Å². The van der Waals surface area contributed by atoms with E-state index in [1.54, 1.807) is 7.11 Å². The van der Waals surface area contributed by atoms with Crippen molar-refractivity contribution in [3.05, 3.63) is 29.8 Å². The lowest BCUT2D eigenvalue weighted by molar-refractivity contribution is 0.285. The van der Waals surface area contributed by atoms with Gasteiger partial charge < -0.3 is 10.1 Å². The van der Waals surface area contributed by atoms with Crippen molar-refractivity contribution < 1.29 is 4.74 Å². The van der Waals surface area contributed by atoms with E-state index in [0.717, 1.165) is 30.2 Å². The summed E-state index contributed by atoms with van der Waals surface area (Å²) >= 11 is 0. The number of benzene rings is 1. The number of rotatable bonds is 4. The molecule has 0 spiro atoms. The van der Waals surface area contributed by atoms with Gasteiger partial charge in [-0.25, -0.2) is 0 Å². The average Bonchev–Trinajstić information content (AvgIpc) is 2.76. The number of aryl methyl sites for hydroxylation is 1. The Morgan fingerprint density at radius 2 is 1.84 bits per heavy atom. The number of fused-ring (bicyclic) bond motifs is 2. The molecular weight excluding hydrogens is 258 g/mol. The smallest absolute Gasteiger partial charge is 0.122 e. The molecule has 2 heterocycles. The van der Waals surface area contributed by atoms with Crippen LogP contribution in [0.2, 0.25) is 0 Å². The Morgan fingerprint density at radius 1 is 1.16 bits per heavy atom. The molecule has 1 aromatic rings. The molecular formula is C16H24ClNO. The second-order valence-corrected chi connectivity index (χ2v) is 5.83. The zero-order valence-electron chi connectivity index (χ0n) is 11.6. The van der Waals surface area contributed by atoms with Crippen LogP contribution in [-0.2, 0) is 6.42 Å². The van der Waals surface area contributed by atoms with E-state index < -0.39 is 0 Å². The van der Waals surface area contributed by atoms with Gasteiger partial charge in [-0.1, -0.05) is 18.2 Å². The number of ether oxygens (including phenoxy) is 1. The Bertz CT molecular complexity index is 397. The van der Waals surface area contributed by atoms with Gasteiger partial charge in [-0.05, 0) is 56.1 Å². The molecule has 2 nitrogen and oxygen atoms in total. The van der Waals surface area contributed by atoms with Gasteiger partial charge in [0.15, 0.2) is 0 Å². The summed E-state index contributed by atoms with van der Waals surface area (Å²) in [6, 6.07) is 10.1. The summed E-state index contributed by atoms with van der Waals surface area (Å²) in [5.41, 5.74) is 1.37. The quantitative estimate of drug-likeness (QED) is 0.911. The van der Waals surface area contributed by atoms with Crippen LogP contribution >= 0.6 is 12.4 Å². The van der Waals surface area contributed by atoms with E-state index in [-0.39, 0.29) is 12.4 Å². The number of para-hydroxylation sites is 1. The average molecular weight is 282 g/mol. The van der Waals surface area contributed by atoms with Gasteiger partial charge in [0, 0.05) is 12.1 Å². The van der Waals surface area contributed by atoms with Crippen LogP contribution in [0.15, 0.2) is 24.3 Å². The van der Waals surface area contributed by atoms with E-state index in [4.69, 9.17) is 4.74 Å². The molecule has 0 unspecified atom stereocenters. The summed E-state index contributed by atoms with van der Waals surface area (Å²) in [7, 11) is 1.77. The highest BCUT2D eigenvalue weighted by molar-refractivity contribution is 5.85. The highest BCUT2D eigenvalue weighted by Gasteiger charge is 2.32. The summed E-state index contributed by atoms with van der Waals surface area (Å²) in [4.78, 5) is 0. The maximum atomic E-state index is 5.43. The molecule has 0 radical (unpaired) electrons. The first-order valence-corrected chi connectivity index (χ1v) is 7.23. The third kappa shape index (κ3) is 3.43. The van der Waals surface area contributed by atoms with Gasteiger partial charge in [0.25, 0.3) is 0 Å². The minimum absolute atomic E-state index is 0. The summed E-state index contributed by atoms with van der Waals surface area (Å²) < 4.78 is 5.43. The van der Waals surface area contributed by atoms with Crippen molar-refractivity contribution in [3.63, 3.8) is 0 Å². The third-order valence-electron chi connectivity index (χ3n) is 4.59. The van der Waals surface area contributed by atoms with Crippen molar-refractivity contribution in [3.8, 4) is 5.75 Å². The molecule has 0 saturated carbocycles. The fraction of sp³-hybridized carbons (Fsp3) is 0.625. The Kier molecular flexibility index (Phi) is 5.12. The van der Waals surface area contributed by atoms with E-state index in [0.29, 0.717) is 0 Å². The summed E-state index contributed by atoms with van der Waals surface area (Å²) in [5, 5.41) is 3.72. The van der Waals surface area contributed by atoms with Gasteiger partial charge >= 0.3 is 0 Å². The van der Waals surface area contributed by atoms with Gasteiger partial charge in [-0.3, -0.25) is 0 Å². The Balaban J connectivity index is 0.00000133. The standard InChI is InChI=1S/C16H23NO.ClH/c1-18-16-5-3-2-4-13(16)7-6-12-10-14-8-9-15(11-12)17-14;/h2-5,12,14-15,17H,6-11H2,1H3;1H/t12-,14+,15-;. The summed E-state index contributed by atoms with van der Waals surface area (Å²) in [6.07, 6.45) is 8.03. The first kappa shape index (κ1) is 14.7. The van der Waals surface area contributed by atoms with Crippen LogP contribution in [0.3, 0.4) is 0 Å². The predicted octanol–water partition coefficient (Wildman–Crippen LogP) is 3.58. The van der Waals surface area contributed by atoms with Gasteiger partial charge in [-0.15, -0.1) is 12.4 Å². The lowest BCUT2D eigenvalue weighted by Crippen LogP contribution is -2.38.